The van der Waals surface area contributed by atoms with Gasteiger partial charge in [0.15, 0.2) is 0 Å². The first-order chi connectivity index (χ1) is 17.7. The Morgan fingerprint density at radius 1 is 0.838 bits per heavy atom. The molecule has 0 spiro atoms. The molecule has 0 bridgehead atoms. The van der Waals surface area contributed by atoms with E-state index in [9.17, 15) is 22.8 Å². The topological polar surface area (TPSA) is 111 Å². The number of benzene rings is 4. The average molecular weight is 508 g/mol. The zero-order chi connectivity index (χ0) is 26.2. The third kappa shape index (κ3) is 5.01. The highest BCUT2D eigenvalue weighted by Crippen LogP contribution is 2.38. The highest BCUT2D eigenvalue weighted by molar-refractivity contribution is 6.09. The van der Waals surface area contributed by atoms with Gasteiger partial charge >= 0.3 is 18.3 Å². The van der Waals surface area contributed by atoms with E-state index in [-0.39, 0.29) is 22.0 Å². The van der Waals surface area contributed by atoms with Gasteiger partial charge in [-0.25, -0.2) is 14.6 Å². The van der Waals surface area contributed by atoms with Gasteiger partial charge in [0, 0.05) is 11.6 Å². The van der Waals surface area contributed by atoms with Crippen LogP contribution >= 0.6 is 0 Å². The van der Waals surface area contributed by atoms with Gasteiger partial charge in [0.1, 0.15) is 34.3 Å². The number of halogens is 3. The molecule has 0 saturated heterocycles. The SMILES string of the molecule is O=C(O)Oc1cc(OC(=O)C(F)(F)F)c2c(ccc3[nH]c(-c4cccc(Oc5ccccc5)c4)nc32)c1. The Balaban J connectivity index is 1.61. The molecule has 0 saturated carbocycles. The molecule has 4 aromatic carbocycles. The number of fused-ring (bicyclic) bond motifs is 3. The summed E-state index contributed by atoms with van der Waals surface area (Å²) in [7, 11) is 0. The Hall–Kier alpha value is -5.06. The maximum atomic E-state index is 12.9. The summed E-state index contributed by atoms with van der Waals surface area (Å²) >= 11 is 0. The number of alkyl halides is 3. The molecule has 5 rings (SSSR count). The zero-order valence-corrected chi connectivity index (χ0v) is 18.6. The maximum absolute atomic E-state index is 12.9. The number of hydrogen-bond donors (Lipinski definition) is 2. The first-order valence-corrected chi connectivity index (χ1v) is 10.7. The molecule has 0 aliphatic heterocycles. The molecule has 0 aliphatic rings. The minimum atomic E-state index is -5.28. The third-order valence-electron chi connectivity index (χ3n) is 5.23. The standard InChI is InChI=1S/C26H15F3N2O6/c27-26(28,29)24(32)37-20-13-18(36-25(33)34)11-14-9-10-19-22(21(14)20)31-23(30-19)15-5-4-8-17(12-15)35-16-6-2-1-3-7-16/h1-13H,(H,30,31)(H,33,34). The number of esters is 1. The summed E-state index contributed by atoms with van der Waals surface area (Å²) in [6.07, 6.45) is -6.96. The number of H-pyrrole nitrogens is 1. The number of carboxylic acid groups (broad SMARTS) is 1. The minimum absolute atomic E-state index is 0.0621. The number of aromatic amines is 1. The van der Waals surface area contributed by atoms with Crippen molar-refractivity contribution in [1.29, 1.82) is 0 Å². The maximum Gasteiger partial charge on any atom is 0.511 e. The van der Waals surface area contributed by atoms with Crippen LogP contribution in [0.5, 0.6) is 23.0 Å². The van der Waals surface area contributed by atoms with Gasteiger partial charge in [-0.3, -0.25) is 0 Å². The van der Waals surface area contributed by atoms with Gasteiger partial charge in [0.2, 0.25) is 0 Å². The summed E-state index contributed by atoms with van der Waals surface area (Å²) in [4.78, 5) is 30.2. The van der Waals surface area contributed by atoms with Crippen molar-refractivity contribution in [2.45, 2.75) is 6.18 Å². The van der Waals surface area contributed by atoms with Crippen molar-refractivity contribution in [2.75, 3.05) is 0 Å². The molecular weight excluding hydrogens is 493 g/mol. The van der Waals surface area contributed by atoms with E-state index in [2.05, 4.69) is 19.4 Å². The van der Waals surface area contributed by atoms with E-state index in [1.165, 1.54) is 12.1 Å². The van der Waals surface area contributed by atoms with Crippen LogP contribution in [0.3, 0.4) is 0 Å². The Morgan fingerprint density at radius 2 is 1.59 bits per heavy atom. The average Bonchev–Trinajstić information content (AvgIpc) is 3.28. The molecule has 0 fully saturated rings. The van der Waals surface area contributed by atoms with Crippen LogP contribution in [-0.4, -0.2) is 33.4 Å². The Labute approximate surface area is 205 Å². The number of nitrogens with one attached hydrogen (secondary N) is 1. The van der Waals surface area contributed by atoms with Crippen molar-refractivity contribution in [1.82, 2.24) is 9.97 Å². The number of imidazole rings is 1. The minimum Gasteiger partial charge on any atom is -0.457 e. The molecule has 0 radical (unpaired) electrons. The molecule has 0 unspecified atom stereocenters. The summed E-state index contributed by atoms with van der Waals surface area (Å²) in [5.74, 6) is -1.82. The zero-order valence-electron chi connectivity index (χ0n) is 18.6. The Bertz CT molecular complexity index is 1650. The number of hydrogen-bond acceptors (Lipinski definition) is 6. The van der Waals surface area contributed by atoms with Gasteiger partial charge in [-0.05, 0) is 41.8 Å². The number of aromatic nitrogens is 2. The van der Waals surface area contributed by atoms with Gasteiger partial charge in [0.25, 0.3) is 0 Å². The molecule has 8 nitrogen and oxygen atoms in total. The van der Waals surface area contributed by atoms with Crippen molar-refractivity contribution in [3.8, 4) is 34.4 Å². The smallest absolute Gasteiger partial charge is 0.457 e. The van der Waals surface area contributed by atoms with Gasteiger partial charge in [-0.15, -0.1) is 0 Å². The van der Waals surface area contributed by atoms with E-state index >= 15 is 0 Å². The highest BCUT2D eigenvalue weighted by atomic mass is 19.4. The number of carbonyl (C=O) groups is 2. The molecule has 0 atom stereocenters. The molecule has 0 amide bonds. The monoisotopic (exact) mass is 508 g/mol. The fraction of sp³-hybridized carbons (Fsp3) is 0.0385. The lowest BCUT2D eigenvalue weighted by Gasteiger charge is -2.11. The van der Waals surface area contributed by atoms with Crippen LogP contribution in [0, 0.1) is 0 Å². The molecule has 1 heterocycles. The van der Waals surface area contributed by atoms with Crippen molar-refractivity contribution in [3.05, 3.63) is 78.9 Å². The predicted octanol–water partition coefficient (Wildman–Crippen LogP) is 6.70. The summed E-state index contributed by atoms with van der Waals surface area (Å²) in [6, 6.07) is 21.4. The second-order valence-corrected chi connectivity index (χ2v) is 7.76. The first kappa shape index (κ1) is 23.7. The fourth-order valence-electron chi connectivity index (χ4n) is 3.73. The largest absolute Gasteiger partial charge is 0.511 e. The van der Waals surface area contributed by atoms with Gasteiger partial charge in [-0.2, -0.15) is 13.2 Å². The van der Waals surface area contributed by atoms with E-state index in [0.29, 0.717) is 28.4 Å². The number of rotatable bonds is 5. The van der Waals surface area contributed by atoms with Crippen LogP contribution in [0.1, 0.15) is 0 Å². The summed E-state index contributed by atoms with van der Waals surface area (Å²) in [5, 5.41) is 9.23. The van der Waals surface area contributed by atoms with Gasteiger partial charge < -0.3 is 24.3 Å². The molecule has 2 N–H and O–H groups in total. The summed E-state index contributed by atoms with van der Waals surface area (Å²) in [5.41, 5.74) is 1.26. The first-order valence-electron chi connectivity index (χ1n) is 10.7. The second kappa shape index (κ2) is 9.19. The molecule has 37 heavy (non-hydrogen) atoms. The van der Waals surface area contributed by atoms with Crippen LogP contribution in [0.2, 0.25) is 0 Å². The molecule has 1 aromatic heterocycles. The molecule has 5 aromatic rings. The molecular formula is C26H15F3N2O6. The van der Waals surface area contributed by atoms with Crippen LogP contribution < -0.4 is 14.2 Å². The summed E-state index contributed by atoms with van der Waals surface area (Å²) in [6.45, 7) is 0. The van der Waals surface area contributed by atoms with Gasteiger partial charge in [0.05, 0.1) is 10.9 Å². The Morgan fingerprint density at radius 3 is 2.32 bits per heavy atom. The lowest BCUT2D eigenvalue weighted by Crippen LogP contribution is -2.28. The van der Waals surface area contributed by atoms with Crippen LogP contribution in [0.25, 0.3) is 33.2 Å². The fourth-order valence-corrected chi connectivity index (χ4v) is 3.73. The van der Waals surface area contributed by atoms with Crippen LogP contribution in [0.4, 0.5) is 18.0 Å². The van der Waals surface area contributed by atoms with E-state index in [0.717, 1.165) is 6.07 Å². The number of ether oxygens (including phenoxy) is 3. The van der Waals surface area contributed by atoms with E-state index in [1.54, 1.807) is 42.5 Å². The van der Waals surface area contributed by atoms with E-state index in [4.69, 9.17) is 9.84 Å². The molecule has 0 aliphatic carbocycles. The van der Waals surface area contributed by atoms with E-state index in [1.807, 2.05) is 18.2 Å². The number of nitrogens with zero attached hydrogens (tertiary/aromatic N) is 1. The Kier molecular flexibility index (Phi) is 5.88. The lowest BCUT2D eigenvalue weighted by atomic mass is 10.1. The lowest BCUT2D eigenvalue weighted by molar-refractivity contribution is -0.189. The van der Waals surface area contributed by atoms with Crippen molar-refractivity contribution in [3.63, 3.8) is 0 Å². The van der Waals surface area contributed by atoms with Crippen molar-refractivity contribution in [2.24, 2.45) is 0 Å². The van der Waals surface area contributed by atoms with E-state index < -0.39 is 24.1 Å². The normalized spacial score (nSPS) is 11.4. The van der Waals surface area contributed by atoms with Gasteiger partial charge in [-0.1, -0.05) is 36.4 Å². The highest BCUT2D eigenvalue weighted by Gasteiger charge is 2.41. The van der Waals surface area contributed by atoms with Crippen LogP contribution in [-0.2, 0) is 4.79 Å². The second-order valence-electron chi connectivity index (χ2n) is 7.76. The van der Waals surface area contributed by atoms with Crippen molar-refractivity contribution < 1.29 is 42.1 Å². The molecule has 186 valence electrons. The van der Waals surface area contributed by atoms with Crippen LogP contribution in [0.15, 0.2) is 78.9 Å². The molecule has 11 heteroatoms. The quantitative estimate of drug-likeness (QED) is 0.154. The predicted molar refractivity (Wildman–Crippen MR) is 126 cm³/mol. The summed E-state index contributed by atoms with van der Waals surface area (Å²) < 4.78 is 53.9. The van der Waals surface area contributed by atoms with Crippen molar-refractivity contribution >= 4 is 33.9 Å². The number of carbonyl (C=O) groups excluding carboxylic acids is 1. The number of para-hydroxylation sites is 1. The third-order valence-corrected chi connectivity index (χ3v) is 5.23.